The fraction of sp³-hybridized carbons (Fsp3) is 0.261. The number of rotatable bonds is 7. The zero-order valence-corrected chi connectivity index (χ0v) is 18.8. The van der Waals surface area contributed by atoms with Crippen molar-refractivity contribution in [2.45, 2.75) is 20.4 Å². The summed E-state index contributed by atoms with van der Waals surface area (Å²) >= 11 is 3.54. The second kappa shape index (κ2) is 9.70. The summed E-state index contributed by atoms with van der Waals surface area (Å²) in [5.41, 5.74) is 4.98. The van der Waals surface area contributed by atoms with Gasteiger partial charge in [0.25, 0.3) is 5.91 Å². The summed E-state index contributed by atoms with van der Waals surface area (Å²) < 4.78 is 8.02. The smallest absolute Gasteiger partial charge is 0.254 e. The van der Waals surface area contributed by atoms with Crippen molar-refractivity contribution in [1.82, 2.24) is 14.7 Å². The highest BCUT2D eigenvalue weighted by atomic mass is 79.9. The van der Waals surface area contributed by atoms with Crippen molar-refractivity contribution in [2.24, 2.45) is 0 Å². The van der Waals surface area contributed by atoms with E-state index >= 15 is 0 Å². The Morgan fingerprint density at radius 2 is 1.83 bits per heavy atom. The average Bonchev–Trinajstić information content (AvgIpc) is 3.04. The molecule has 0 bridgehead atoms. The van der Waals surface area contributed by atoms with Gasteiger partial charge in [0.05, 0.1) is 39.8 Å². The number of halogens is 1. The minimum atomic E-state index is -0.0718. The van der Waals surface area contributed by atoms with Crippen LogP contribution in [-0.2, 0) is 11.3 Å². The lowest BCUT2D eigenvalue weighted by Gasteiger charge is -2.23. The summed E-state index contributed by atoms with van der Waals surface area (Å²) in [6.45, 7) is 5.30. The summed E-state index contributed by atoms with van der Waals surface area (Å²) in [5, 5.41) is 13.5. The van der Waals surface area contributed by atoms with Gasteiger partial charge in [-0.05, 0) is 71.7 Å². The van der Waals surface area contributed by atoms with Crippen molar-refractivity contribution in [3.8, 4) is 11.8 Å². The molecular formula is C23H23BrN4O2. The Bertz CT molecular complexity index is 1070. The van der Waals surface area contributed by atoms with E-state index in [1.54, 1.807) is 24.1 Å². The van der Waals surface area contributed by atoms with Gasteiger partial charge in [-0.3, -0.25) is 4.79 Å². The minimum absolute atomic E-state index is 0.0718. The van der Waals surface area contributed by atoms with Gasteiger partial charge in [0, 0.05) is 25.8 Å². The van der Waals surface area contributed by atoms with Gasteiger partial charge < -0.3 is 9.64 Å². The SMILES string of the molecule is COCCN(Cc1ccc(C#N)cc1)C(=O)c1ccc(-n2nc(C)c(Br)c2C)cc1. The molecule has 3 aromatic rings. The summed E-state index contributed by atoms with van der Waals surface area (Å²) in [4.78, 5) is 14.9. The predicted octanol–water partition coefficient (Wildman–Crippen LogP) is 4.41. The molecule has 2 aromatic carbocycles. The quantitative estimate of drug-likeness (QED) is 0.516. The van der Waals surface area contributed by atoms with E-state index in [9.17, 15) is 4.79 Å². The third-order valence-corrected chi connectivity index (χ3v) is 6.02. The van der Waals surface area contributed by atoms with Gasteiger partial charge in [0.2, 0.25) is 0 Å². The van der Waals surface area contributed by atoms with Crippen LogP contribution in [0.2, 0.25) is 0 Å². The first-order chi connectivity index (χ1) is 14.4. The van der Waals surface area contributed by atoms with Crippen LogP contribution < -0.4 is 0 Å². The van der Waals surface area contributed by atoms with Crippen molar-refractivity contribution in [3.63, 3.8) is 0 Å². The molecule has 1 amide bonds. The summed E-state index contributed by atoms with van der Waals surface area (Å²) in [7, 11) is 1.62. The molecule has 0 radical (unpaired) electrons. The van der Waals surface area contributed by atoms with Crippen molar-refractivity contribution in [1.29, 1.82) is 5.26 Å². The maximum absolute atomic E-state index is 13.1. The van der Waals surface area contributed by atoms with Crippen LogP contribution in [0.15, 0.2) is 53.0 Å². The van der Waals surface area contributed by atoms with Crippen LogP contribution in [0.5, 0.6) is 0 Å². The molecule has 7 heteroatoms. The summed E-state index contributed by atoms with van der Waals surface area (Å²) in [6, 6.07) is 16.8. The number of aryl methyl sites for hydroxylation is 1. The van der Waals surface area contributed by atoms with Gasteiger partial charge >= 0.3 is 0 Å². The molecule has 1 aromatic heterocycles. The number of ether oxygens (including phenoxy) is 1. The first-order valence-corrected chi connectivity index (χ1v) is 10.3. The Hall–Kier alpha value is -2.95. The van der Waals surface area contributed by atoms with Crippen molar-refractivity contribution in [3.05, 3.63) is 81.1 Å². The molecule has 0 fully saturated rings. The molecule has 0 saturated carbocycles. The molecule has 3 rings (SSSR count). The number of benzene rings is 2. The Balaban J connectivity index is 1.81. The third kappa shape index (κ3) is 4.78. The van der Waals surface area contributed by atoms with E-state index < -0.39 is 0 Å². The number of hydrogen-bond acceptors (Lipinski definition) is 4. The standard InChI is InChI=1S/C23H23BrN4O2/c1-16-22(24)17(2)28(26-16)21-10-8-20(9-11-21)23(29)27(12-13-30-3)15-19-6-4-18(14-25)5-7-19/h4-11H,12-13,15H2,1-3H3. The summed E-state index contributed by atoms with van der Waals surface area (Å²) in [6.07, 6.45) is 0. The van der Waals surface area contributed by atoms with Gasteiger partial charge in [-0.15, -0.1) is 0 Å². The maximum atomic E-state index is 13.1. The number of aromatic nitrogens is 2. The predicted molar refractivity (Wildman–Crippen MR) is 119 cm³/mol. The topological polar surface area (TPSA) is 71.2 Å². The van der Waals surface area contributed by atoms with Crippen LogP contribution in [0.25, 0.3) is 5.69 Å². The molecule has 0 atom stereocenters. The molecular weight excluding hydrogens is 444 g/mol. The highest BCUT2D eigenvalue weighted by Gasteiger charge is 2.17. The lowest BCUT2D eigenvalue weighted by molar-refractivity contribution is 0.0680. The van der Waals surface area contributed by atoms with E-state index in [-0.39, 0.29) is 5.91 Å². The number of carbonyl (C=O) groups is 1. The van der Waals surface area contributed by atoms with E-state index in [2.05, 4.69) is 27.1 Å². The molecule has 0 saturated heterocycles. The summed E-state index contributed by atoms with van der Waals surface area (Å²) in [5.74, 6) is -0.0718. The largest absolute Gasteiger partial charge is 0.383 e. The highest BCUT2D eigenvalue weighted by molar-refractivity contribution is 9.10. The van der Waals surface area contributed by atoms with Crippen LogP contribution in [0.3, 0.4) is 0 Å². The first-order valence-electron chi connectivity index (χ1n) is 9.54. The van der Waals surface area contributed by atoms with Crippen LogP contribution in [0.1, 0.15) is 32.9 Å². The van der Waals surface area contributed by atoms with E-state index in [0.717, 1.165) is 27.1 Å². The number of methoxy groups -OCH3 is 1. The fourth-order valence-electron chi connectivity index (χ4n) is 3.16. The van der Waals surface area contributed by atoms with Gasteiger partial charge in [-0.25, -0.2) is 4.68 Å². The van der Waals surface area contributed by atoms with Gasteiger partial charge in [-0.1, -0.05) is 12.1 Å². The second-order valence-electron chi connectivity index (χ2n) is 6.97. The Morgan fingerprint density at radius 1 is 1.17 bits per heavy atom. The van der Waals surface area contributed by atoms with E-state index in [4.69, 9.17) is 10.00 Å². The Morgan fingerprint density at radius 3 is 2.37 bits per heavy atom. The molecule has 0 aliphatic carbocycles. The van der Waals surface area contributed by atoms with E-state index in [0.29, 0.717) is 30.8 Å². The molecule has 0 aliphatic rings. The first kappa shape index (κ1) is 21.8. The van der Waals surface area contributed by atoms with Crippen molar-refractivity contribution >= 4 is 21.8 Å². The van der Waals surface area contributed by atoms with Crippen LogP contribution in [0.4, 0.5) is 0 Å². The zero-order chi connectivity index (χ0) is 21.7. The third-order valence-electron chi connectivity index (χ3n) is 4.87. The minimum Gasteiger partial charge on any atom is -0.383 e. The fourth-order valence-corrected chi connectivity index (χ4v) is 3.41. The molecule has 1 heterocycles. The van der Waals surface area contributed by atoms with Gasteiger partial charge in [-0.2, -0.15) is 10.4 Å². The van der Waals surface area contributed by atoms with E-state index in [1.165, 1.54) is 0 Å². The van der Waals surface area contributed by atoms with Crippen molar-refractivity contribution < 1.29 is 9.53 Å². The van der Waals surface area contributed by atoms with Gasteiger partial charge in [0.15, 0.2) is 0 Å². The Labute approximate surface area is 184 Å². The molecule has 30 heavy (non-hydrogen) atoms. The zero-order valence-electron chi connectivity index (χ0n) is 17.2. The molecule has 0 aliphatic heterocycles. The van der Waals surface area contributed by atoms with Crippen LogP contribution in [-0.4, -0.2) is 40.8 Å². The maximum Gasteiger partial charge on any atom is 0.254 e. The van der Waals surface area contributed by atoms with Crippen molar-refractivity contribution in [2.75, 3.05) is 20.3 Å². The highest BCUT2D eigenvalue weighted by Crippen LogP contribution is 2.23. The number of hydrogen-bond donors (Lipinski definition) is 0. The molecule has 6 nitrogen and oxygen atoms in total. The monoisotopic (exact) mass is 466 g/mol. The lowest BCUT2D eigenvalue weighted by atomic mass is 10.1. The van der Waals surface area contributed by atoms with Crippen LogP contribution in [0, 0.1) is 25.2 Å². The number of nitrogens with zero attached hydrogens (tertiary/aromatic N) is 4. The molecule has 0 unspecified atom stereocenters. The average molecular weight is 467 g/mol. The second-order valence-corrected chi connectivity index (χ2v) is 7.76. The molecule has 154 valence electrons. The number of carbonyl (C=O) groups excluding carboxylic acids is 1. The van der Waals surface area contributed by atoms with Gasteiger partial charge in [0.1, 0.15) is 0 Å². The molecule has 0 N–H and O–H groups in total. The Kier molecular flexibility index (Phi) is 7.03. The molecule has 0 spiro atoms. The van der Waals surface area contributed by atoms with E-state index in [1.807, 2.05) is 54.9 Å². The van der Waals surface area contributed by atoms with Crippen LogP contribution >= 0.6 is 15.9 Å². The number of amides is 1. The normalized spacial score (nSPS) is 10.6. The lowest BCUT2D eigenvalue weighted by Crippen LogP contribution is -2.33. The number of nitriles is 1.